The molecule has 0 aliphatic carbocycles. The van der Waals surface area contributed by atoms with Crippen molar-refractivity contribution in [1.82, 2.24) is 0 Å². The van der Waals surface area contributed by atoms with Gasteiger partial charge < -0.3 is 9.64 Å². The minimum absolute atomic E-state index is 0.0251. The number of nitrogens with zero attached hydrogens (tertiary/aromatic N) is 2. The molecule has 0 atom stereocenters. The summed E-state index contributed by atoms with van der Waals surface area (Å²) in [6.45, 7) is 0.632. The summed E-state index contributed by atoms with van der Waals surface area (Å²) in [5.41, 5.74) is 0.554. The van der Waals surface area contributed by atoms with E-state index in [9.17, 15) is 14.9 Å². The number of methoxy groups -OCH3 is 1. The molecule has 90 valence electrons. The normalized spacial score (nSPS) is 15.1. The summed E-state index contributed by atoms with van der Waals surface area (Å²) in [4.78, 5) is 23.3. The number of carbonyl (C=O) groups excluding carboxylic acids is 1. The second-order valence-electron chi connectivity index (χ2n) is 3.76. The molecule has 1 aromatic carbocycles. The van der Waals surface area contributed by atoms with Crippen molar-refractivity contribution >= 4 is 17.3 Å². The zero-order chi connectivity index (χ0) is 12.4. The highest BCUT2D eigenvalue weighted by Crippen LogP contribution is 2.34. The molecule has 0 bridgehead atoms. The van der Waals surface area contributed by atoms with Gasteiger partial charge in [0.1, 0.15) is 5.75 Å². The van der Waals surface area contributed by atoms with Crippen LogP contribution in [0, 0.1) is 10.1 Å². The fourth-order valence-corrected chi connectivity index (χ4v) is 1.91. The number of ether oxygens (including phenoxy) is 1. The third-order valence-corrected chi connectivity index (χ3v) is 2.74. The fraction of sp³-hybridized carbons (Fsp3) is 0.364. The van der Waals surface area contributed by atoms with E-state index in [4.69, 9.17) is 4.74 Å². The van der Waals surface area contributed by atoms with Crippen LogP contribution in [-0.4, -0.2) is 24.5 Å². The molecule has 6 nitrogen and oxygen atoms in total. The summed E-state index contributed by atoms with van der Waals surface area (Å²) in [5.74, 6) is 0.381. The van der Waals surface area contributed by atoms with Gasteiger partial charge in [0, 0.05) is 19.0 Å². The number of carbonyl (C=O) groups is 1. The number of nitro groups is 1. The average molecular weight is 236 g/mol. The molecular weight excluding hydrogens is 224 g/mol. The fourth-order valence-electron chi connectivity index (χ4n) is 1.91. The van der Waals surface area contributed by atoms with Crippen molar-refractivity contribution in [2.24, 2.45) is 0 Å². The first kappa shape index (κ1) is 11.4. The summed E-state index contributed by atoms with van der Waals surface area (Å²) < 4.78 is 5.10. The Hall–Kier alpha value is -2.11. The Kier molecular flexibility index (Phi) is 2.95. The van der Waals surface area contributed by atoms with Gasteiger partial charge in [0.25, 0.3) is 5.69 Å². The molecule has 1 heterocycles. The SMILES string of the molecule is COc1cc([N+](=O)[O-])ccc1N1CCCC1=O. The molecule has 1 aliphatic heterocycles. The van der Waals surface area contributed by atoms with Gasteiger partial charge in [0.2, 0.25) is 5.91 Å². The Balaban J connectivity index is 2.40. The van der Waals surface area contributed by atoms with Gasteiger partial charge in [0.15, 0.2) is 0 Å². The predicted octanol–water partition coefficient (Wildman–Crippen LogP) is 1.73. The topological polar surface area (TPSA) is 72.7 Å². The first-order chi connectivity index (χ1) is 8.13. The highest BCUT2D eigenvalue weighted by Gasteiger charge is 2.25. The molecule has 0 N–H and O–H groups in total. The smallest absolute Gasteiger partial charge is 0.273 e. The zero-order valence-corrected chi connectivity index (χ0v) is 9.38. The van der Waals surface area contributed by atoms with E-state index >= 15 is 0 Å². The van der Waals surface area contributed by atoms with E-state index < -0.39 is 4.92 Å². The number of hydrogen-bond acceptors (Lipinski definition) is 4. The maximum atomic E-state index is 11.6. The van der Waals surface area contributed by atoms with Gasteiger partial charge in [-0.1, -0.05) is 0 Å². The summed E-state index contributed by atoms with van der Waals surface area (Å²) in [6.07, 6.45) is 1.32. The van der Waals surface area contributed by atoms with Gasteiger partial charge in [-0.05, 0) is 12.5 Å². The van der Waals surface area contributed by atoms with Crippen molar-refractivity contribution < 1.29 is 14.5 Å². The van der Waals surface area contributed by atoms with Crippen LogP contribution in [0.15, 0.2) is 18.2 Å². The molecule has 1 aromatic rings. The Labute approximate surface area is 97.9 Å². The molecule has 1 aliphatic rings. The minimum Gasteiger partial charge on any atom is -0.494 e. The van der Waals surface area contributed by atoms with Crippen LogP contribution in [0.3, 0.4) is 0 Å². The van der Waals surface area contributed by atoms with E-state index in [-0.39, 0.29) is 11.6 Å². The van der Waals surface area contributed by atoms with E-state index in [0.29, 0.717) is 24.4 Å². The molecule has 0 radical (unpaired) electrons. The number of rotatable bonds is 3. The van der Waals surface area contributed by atoms with Gasteiger partial charge in [-0.15, -0.1) is 0 Å². The lowest BCUT2D eigenvalue weighted by Crippen LogP contribution is -2.24. The molecule has 1 saturated heterocycles. The van der Waals surface area contributed by atoms with Crippen LogP contribution in [0.2, 0.25) is 0 Å². The lowest BCUT2D eigenvalue weighted by atomic mass is 10.2. The molecule has 17 heavy (non-hydrogen) atoms. The summed E-state index contributed by atoms with van der Waals surface area (Å²) >= 11 is 0. The quantitative estimate of drug-likeness (QED) is 0.591. The van der Waals surface area contributed by atoms with Crippen molar-refractivity contribution in [3.63, 3.8) is 0 Å². The van der Waals surface area contributed by atoms with Crippen molar-refractivity contribution in [2.45, 2.75) is 12.8 Å². The van der Waals surface area contributed by atoms with Crippen molar-refractivity contribution in [1.29, 1.82) is 0 Å². The van der Waals surface area contributed by atoms with Crippen LogP contribution >= 0.6 is 0 Å². The van der Waals surface area contributed by atoms with Crippen LogP contribution in [0.1, 0.15) is 12.8 Å². The lowest BCUT2D eigenvalue weighted by Gasteiger charge is -2.18. The molecule has 1 amide bonds. The summed E-state index contributed by atoms with van der Waals surface area (Å²) in [6, 6.07) is 4.27. The molecule has 2 rings (SSSR count). The minimum atomic E-state index is -0.488. The van der Waals surface area contributed by atoms with E-state index in [1.807, 2.05) is 0 Å². The van der Waals surface area contributed by atoms with Crippen LogP contribution < -0.4 is 9.64 Å². The van der Waals surface area contributed by atoms with E-state index in [2.05, 4.69) is 0 Å². The Morgan fingerprint density at radius 2 is 2.24 bits per heavy atom. The van der Waals surface area contributed by atoms with Gasteiger partial charge in [-0.3, -0.25) is 14.9 Å². The standard InChI is InChI=1S/C11H12N2O4/c1-17-10-7-8(13(15)16)4-5-9(10)12-6-2-3-11(12)14/h4-5,7H,2-3,6H2,1H3. The largest absolute Gasteiger partial charge is 0.494 e. The average Bonchev–Trinajstić information content (AvgIpc) is 2.74. The van der Waals surface area contributed by atoms with E-state index in [1.54, 1.807) is 11.0 Å². The van der Waals surface area contributed by atoms with E-state index in [1.165, 1.54) is 19.2 Å². The third kappa shape index (κ3) is 2.06. The highest BCUT2D eigenvalue weighted by molar-refractivity contribution is 5.96. The number of hydrogen-bond donors (Lipinski definition) is 0. The number of nitro benzene ring substituents is 1. The van der Waals surface area contributed by atoms with E-state index in [0.717, 1.165) is 6.42 Å². The lowest BCUT2D eigenvalue weighted by molar-refractivity contribution is -0.384. The zero-order valence-electron chi connectivity index (χ0n) is 9.38. The van der Waals surface area contributed by atoms with Gasteiger partial charge in [-0.2, -0.15) is 0 Å². The second kappa shape index (κ2) is 4.40. The molecular formula is C11H12N2O4. The van der Waals surface area contributed by atoms with Crippen LogP contribution in [0.5, 0.6) is 5.75 Å². The first-order valence-corrected chi connectivity index (χ1v) is 5.26. The van der Waals surface area contributed by atoms with Crippen LogP contribution in [0.25, 0.3) is 0 Å². The maximum absolute atomic E-state index is 11.6. The molecule has 1 fully saturated rings. The Bertz CT molecular complexity index is 473. The van der Waals surface area contributed by atoms with Gasteiger partial charge >= 0.3 is 0 Å². The number of benzene rings is 1. The monoisotopic (exact) mass is 236 g/mol. The maximum Gasteiger partial charge on any atom is 0.273 e. The Morgan fingerprint density at radius 1 is 1.47 bits per heavy atom. The number of amides is 1. The van der Waals surface area contributed by atoms with Crippen LogP contribution in [-0.2, 0) is 4.79 Å². The summed E-state index contributed by atoms with van der Waals surface area (Å²) in [5, 5.41) is 10.6. The van der Waals surface area contributed by atoms with Gasteiger partial charge in [-0.25, -0.2) is 0 Å². The third-order valence-electron chi connectivity index (χ3n) is 2.74. The van der Waals surface area contributed by atoms with Crippen LogP contribution in [0.4, 0.5) is 11.4 Å². The summed E-state index contributed by atoms with van der Waals surface area (Å²) in [7, 11) is 1.43. The first-order valence-electron chi connectivity index (χ1n) is 5.26. The molecule has 0 spiro atoms. The Morgan fingerprint density at radius 3 is 2.76 bits per heavy atom. The van der Waals surface area contributed by atoms with Gasteiger partial charge in [0.05, 0.1) is 23.8 Å². The molecule has 0 unspecified atom stereocenters. The highest BCUT2D eigenvalue weighted by atomic mass is 16.6. The number of anilines is 1. The predicted molar refractivity (Wildman–Crippen MR) is 61.2 cm³/mol. The molecule has 0 saturated carbocycles. The molecule has 0 aromatic heterocycles. The second-order valence-corrected chi connectivity index (χ2v) is 3.76. The molecule has 6 heteroatoms. The number of non-ortho nitro benzene ring substituents is 1. The van der Waals surface area contributed by atoms with Crippen molar-refractivity contribution in [3.05, 3.63) is 28.3 Å². The van der Waals surface area contributed by atoms with Crippen molar-refractivity contribution in [3.8, 4) is 5.75 Å². The van der Waals surface area contributed by atoms with Crippen molar-refractivity contribution in [2.75, 3.05) is 18.6 Å².